The van der Waals surface area contributed by atoms with Crippen molar-refractivity contribution in [2.24, 2.45) is 7.05 Å². The lowest BCUT2D eigenvalue weighted by Gasteiger charge is -2.32. The van der Waals surface area contributed by atoms with Gasteiger partial charge in [0.25, 0.3) is 5.91 Å². The van der Waals surface area contributed by atoms with E-state index in [2.05, 4.69) is 17.3 Å². The molecular weight excluding hydrogens is 419 g/mol. The fourth-order valence-electron chi connectivity index (χ4n) is 3.96. The molecule has 1 aliphatic rings. The van der Waals surface area contributed by atoms with Crippen molar-refractivity contribution < 1.29 is 14.0 Å². The fourth-order valence-corrected chi connectivity index (χ4v) is 4.16. The van der Waals surface area contributed by atoms with E-state index < -0.39 is 5.82 Å². The van der Waals surface area contributed by atoms with Gasteiger partial charge in [0.05, 0.1) is 10.6 Å². The van der Waals surface area contributed by atoms with Gasteiger partial charge >= 0.3 is 0 Å². The highest BCUT2D eigenvalue weighted by atomic mass is 35.5. The molecule has 6 nitrogen and oxygen atoms in total. The molecule has 2 aromatic rings. The number of likely N-dealkylation sites (N-methyl/N-ethyl adjacent to an activating group) is 1. The zero-order chi connectivity index (χ0) is 22.7. The number of rotatable bonds is 6. The molecule has 1 aliphatic heterocycles. The summed E-state index contributed by atoms with van der Waals surface area (Å²) in [6.07, 6.45) is 0.751. The third kappa shape index (κ3) is 5.28. The van der Waals surface area contributed by atoms with Gasteiger partial charge in [-0.25, -0.2) is 4.39 Å². The molecule has 0 atom stereocenters. The molecule has 0 unspecified atom stereocenters. The van der Waals surface area contributed by atoms with E-state index in [1.807, 2.05) is 30.4 Å². The standard InChI is InChI=1S/C23H30ClFN4O2/c1-15-18(6-8-21(30)26-14-17-5-7-20(25)19(24)13-17)22(16(2)28(15)4)23(31)29-11-9-27(3)10-12-29/h5,7,13H,6,8-12,14H2,1-4H3,(H,26,30). The topological polar surface area (TPSA) is 57.6 Å². The molecule has 3 rings (SSSR count). The molecule has 168 valence electrons. The quantitative estimate of drug-likeness (QED) is 0.738. The number of carbonyl (C=O) groups excluding carboxylic acids is 2. The maximum absolute atomic E-state index is 13.3. The minimum Gasteiger partial charge on any atom is -0.352 e. The Bertz CT molecular complexity index is 980. The first-order valence-electron chi connectivity index (χ1n) is 10.5. The van der Waals surface area contributed by atoms with Crippen LogP contribution in [0.5, 0.6) is 0 Å². The van der Waals surface area contributed by atoms with Crippen LogP contribution in [0.4, 0.5) is 4.39 Å². The van der Waals surface area contributed by atoms with E-state index in [9.17, 15) is 14.0 Å². The van der Waals surface area contributed by atoms with Crippen molar-refractivity contribution in [2.75, 3.05) is 33.2 Å². The number of hydrogen-bond donors (Lipinski definition) is 1. The molecule has 1 aromatic heterocycles. The Balaban J connectivity index is 1.66. The summed E-state index contributed by atoms with van der Waals surface area (Å²) in [5.74, 6) is -0.561. The largest absolute Gasteiger partial charge is 0.352 e. The summed E-state index contributed by atoms with van der Waals surface area (Å²) in [4.78, 5) is 29.8. The highest BCUT2D eigenvalue weighted by Gasteiger charge is 2.27. The Kier molecular flexibility index (Phi) is 7.38. The van der Waals surface area contributed by atoms with E-state index in [-0.39, 0.29) is 29.8 Å². The number of piperazine rings is 1. The Labute approximate surface area is 188 Å². The number of aromatic nitrogens is 1. The minimum absolute atomic E-state index is 0.0363. The summed E-state index contributed by atoms with van der Waals surface area (Å²) in [6.45, 7) is 7.37. The zero-order valence-corrected chi connectivity index (χ0v) is 19.4. The van der Waals surface area contributed by atoms with Crippen LogP contribution in [-0.4, -0.2) is 59.4 Å². The summed E-state index contributed by atoms with van der Waals surface area (Å²) in [5.41, 5.74) is 4.33. The van der Waals surface area contributed by atoms with Crippen molar-refractivity contribution in [1.29, 1.82) is 0 Å². The smallest absolute Gasteiger partial charge is 0.256 e. The molecule has 0 spiro atoms. The SMILES string of the molecule is Cc1c(CCC(=O)NCc2ccc(F)c(Cl)c2)c(C(=O)N2CCN(C)CC2)c(C)n1C. The molecule has 0 bridgehead atoms. The Hall–Kier alpha value is -2.38. The van der Waals surface area contributed by atoms with Crippen LogP contribution in [-0.2, 0) is 24.8 Å². The van der Waals surface area contributed by atoms with Crippen LogP contribution in [0.1, 0.15) is 39.3 Å². The van der Waals surface area contributed by atoms with Crippen LogP contribution in [0.15, 0.2) is 18.2 Å². The van der Waals surface area contributed by atoms with E-state index in [1.165, 1.54) is 12.1 Å². The lowest BCUT2D eigenvalue weighted by molar-refractivity contribution is -0.121. The van der Waals surface area contributed by atoms with Gasteiger partial charge < -0.3 is 19.7 Å². The van der Waals surface area contributed by atoms with Gasteiger partial charge in [-0.2, -0.15) is 0 Å². The third-order valence-electron chi connectivity index (χ3n) is 6.19. The number of hydrogen-bond acceptors (Lipinski definition) is 3. The Morgan fingerprint density at radius 3 is 2.42 bits per heavy atom. The second kappa shape index (κ2) is 9.83. The number of benzene rings is 1. The minimum atomic E-state index is -0.482. The monoisotopic (exact) mass is 448 g/mol. The molecule has 1 N–H and O–H groups in total. The maximum atomic E-state index is 13.3. The van der Waals surface area contributed by atoms with E-state index in [0.29, 0.717) is 19.5 Å². The summed E-state index contributed by atoms with van der Waals surface area (Å²) >= 11 is 5.80. The Morgan fingerprint density at radius 1 is 1.10 bits per heavy atom. The van der Waals surface area contributed by atoms with E-state index in [1.54, 1.807) is 6.07 Å². The number of nitrogens with zero attached hydrogens (tertiary/aromatic N) is 3. The number of halogens is 2. The van der Waals surface area contributed by atoms with Gasteiger partial charge in [0.2, 0.25) is 5.91 Å². The van der Waals surface area contributed by atoms with E-state index in [4.69, 9.17) is 11.6 Å². The van der Waals surface area contributed by atoms with Gasteiger partial charge in [0.15, 0.2) is 0 Å². The van der Waals surface area contributed by atoms with Crippen LogP contribution in [0.25, 0.3) is 0 Å². The van der Waals surface area contributed by atoms with Crippen molar-refractivity contribution in [3.05, 3.63) is 57.1 Å². The Morgan fingerprint density at radius 2 is 1.77 bits per heavy atom. The molecule has 2 heterocycles. The third-order valence-corrected chi connectivity index (χ3v) is 6.48. The van der Waals surface area contributed by atoms with Crippen molar-refractivity contribution in [2.45, 2.75) is 33.2 Å². The predicted molar refractivity (Wildman–Crippen MR) is 120 cm³/mol. The summed E-state index contributed by atoms with van der Waals surface area (Å²) < 4.78 is 15.3. The first-order valence-corrected chi connectivity index (χ1v) is 10.9. The van der Waals surface area contributed by atoms with Crippen molar-refractivity contribution in [3.63, 3.8) is 0 Å². The average Bonchev–Trinajstić information content (AvgIpc) is 2.96. The lowest BCUT2D eigenvalue weighted by Crippen LogP contribution is -2.47. The molecule has 1 aromatic carbocycles. The normalized spacial score (nSPS) is 14.7. The van der Waals surface area contributed by atoms with Crippen molar-refractivity contribution in [3.8, 4) is 0 Å². The first kappa shape index (κ1) is 23.3. The summed E-state index contributed by atoms with van der Waals surface area (Å²) in [6, 6.07) is 4.39. The highest BCUT2D eigenvalue weighted by molar-refractivity contribution is 6.30. The molecule has 0 radical (unpaired) electrons. The molecule has 1 saturated heterocycles. The lowest BCUT2D eigenvalue weighted by atomic mass is 10.0. The molecule has 31 heavy (non-hydrogen) atoms. The van der Waals surface area contributed by atoms with Gasteiger partial charge in [-0.05, 0) is 50.6 Å². The second-order valence-corrected chi connectivity index (χ2v) is 8.61. The molecule has 1 fully saturated rings. The molecular formula is C23H30ClFN4O2. The first-order chi connectivity index (χ1) is 14.7. The van der Waals surface area contributed by atoms with E-state index in [0.717, 1.165) is 41.2 Å². The molecule has 2 amide bonds. The number of amides is 2. The number of carbonyl (C=O) groups is 2. The second-order valence-electron chi connectivity index (χ2n) is 8.20. The van der Waals surface area contributed by atoms with Gasteiger partial charge in [0.1, 0.15) is 5.82 Å². The van der Waals surface area contributed by atoms with E-state index >= 15 is 0 Å². The zero-order valence-electron chi connectivity index (χ0n) is 18.6. The van der Waals surface area contributed by atoms with Crippen LogP contribution in [0.3, 0.4) is 0 Å². The van der Waals surface area contributed by atoms with Crippen molar-refractivity contribution in [1.82, 2.24) is 19.7 Å². The van der Waals surface area contributed by atoms with Gasteiger partial charge in [-0.3, -0.25) is 9.59 Å². The number of nitrogens with one attached hydrogen (secondary N) is 1. The van der Waals surface area contributed by atoms with Crippen LogP contribution in [0.2, 0.25) is 5.02 Å². The van der Waals surface area contributed by atoms with Gasteiger partial charge in [-0.1, -0.05) is 17.7 Å². The maximum Gasteiger partial charge on any atom is 0.256 e. The van der Waals surface area contributed by atoms with Crippen LogP contribution < -0.4 is 5.32 Å². The summed E-state index contributed by atoms with van der Waals surface area (Å²) in [7, 11) is 4.01. The molecule has 0 aliphatic carbocycles. The van der Waals surface area contributed by atoms with Gasteiger partial charge in [0, 0.05) is 57.6 Å². The summed E-state index contributed by atoms with van der Waals surface area (Å²) in [5, 5.41) is 2.88. The van der Waals surface area contributed by atoms with Crippen LogP contribution >= 0.6 is 11.6 Å². The molecule has 0 saturated carbocycles. The fraction of sp³-hybridized carbons (Fsp3) is 0.478. The average molecular weight is 449 g/mol. The highest BCUT2D eigenvalue weighted by Crippen LogP contribution is 2.25. The molecule has 8 heteroatoms. The van der Waals surface area contributed by atoms with Crippen LogP contribution in [0, 0.1) is 19.7 Å². The van der Waals surface area contributed by atoms with Crippen molar-refractivity contribution >= 4 is 23.4 Å². The predicted octanol–water partition coefficient (Wildman–Crippen LogP) is 3.07. The van der Waals surface area contributed by atoms with Gasteiger partial charge in [-0.15, -0.1) is 0 Å².